The number of hydrogen-bond acceptors (Lipinski definition) is 5. The van der Waals surface area contributed by atoms with Crippen LogP contribution in [-0.2, 0) is 13.1 Å². The normalized spacial score (nSPS) is 22.5. The van der Waals surface area contributed by atoms with Crippen molar-refractivity contribution in [2.45, 2.75) is 45.4 Å². The number of aromatic nitrogens is 1. The van der Waals surface area contributed by atoms with E-state index in [1.807, 2.05) is 12.3 Å². The number of rotatable bonds is 7. The number of likely N-dealkylation sites (tertiary alicyclic amines) is 1. The molecule has 0 aliphatic carbocycles. The molecule has 2 N–H and O–H groups in total. The molecule has 0 radical (unpaired) electrons. The van der Waals surface area contributed by atoms with Gasteiger partial charge in [-0.25, -0.2) is 9.98 Å². The summed E-state index contributed by atoms with van der Waals surface area (Å²) >= 11 is 0. The summed E-state index contributed by atoms with van der Waals surface area (Å²) in [5.74, 6) is 1.97. The van der Waals surface area contributed by atoms with Gasteiger partial charge in [0.05, 0.1) is 6.54 Å². The Hall–Kier alpha value is -2.64. The predicted octanol–water partition coefficient (Wildman–Crippen LogP) is 2.55. The van der Waals surface area contributed by atoms with Crippen LogP contribution in [0.1, 0.15) is 31.4 Å². The Morgan fingerprint density at radius 2 is 1.88 bits per heavy atom. The highest BCUT2D eigenvalue weighted by Gasteiger charge is 2.29. The second-order valence-corrected chi connectivity index (χ2v) is 9.31. The van der Waals surface area contributed by atoms with E-state index in [-0.39, 0.29) is 0 Å². The van der Waals surface area contributed by atoms with Crippen molar-refractivity contribution in [1.82, 2.24) is 25.4 Å². The quantitative estimate of drug-likeness (QED) is 0.501. The number of likely N-dealkylation sites (N-methyl/N-ethyl adjacent to an activating group) is 1. The van der Waals surface area contributed by atoms with Crippen molar-refractivity contribution in [3.05, 3.63) is 59.8 Å². The van der Waals surface area contributed by atoms with Gasteiger partial charge in [-0.05, 0) is 38.9 Å². The molecule has 4 rings (SSSR count). The molecular formula is C26H39N7. The van der Waals surface area contributed by atoms with E-state index in [4.69, 9.17) is 9.98 Å². The van der Waals surface area contributed by atoms with Gasteiger partial charge in [0, 0.05) is 69.7 Å². The molecule has 0 spiro atoms. The van der Waals surface area contributed by atoms with Crippen molar-refractivity contribution >= 4 is 11.8 Å². The molecule has 1 aromatic heterocycles. The summed E-state index contributed by atoms with van der Waals surface area (Å²) in [4.78, 5) is 17.0. The molecule has 2 unspecified atom stereocenters. The maximum Gasteiger partial charge on any atom is 0.191 e. The lowest BCUT2D eigenvalue weighted by atomic mass is 10.2. The van der Waals surface area contributed by atoms with Crippen molar-refractivity contribution in [3.63, 3.8) is 0 Å². The van der Waals surface area contributed by atoms with Crippen LogP contribution in [-0.4, -0.2) is 79.1 Å². The average Bonchev–Trinajstić information content (AvgIpc) is 3.17. The third kappa shape index (κ3) is 6.45. The Morgan fingerprint density at radius 3 is 2.64 bits per heavy atom. The van der Waals surface area contributed by atoms with Crippen LogP contribution >= 0.6 is 0 Å². The van der Waals surface area contributed by atoms with Crippen LogP contribution in [0, 0.1) is 0 Å². The topological polar surface area (TPSA) is 59.0 Å². The smallest absolute Gasteiger partial charge is 0.191 e. The number of aliphatic imine (C=N–C) groups is 1. The van der Waals surface area contributed by atoms with E-state index in [1.54, 1.807) is 0 Å². The lowest BCUT2D eigenvalue weighted by molar-refractivity contribution is 0.258. The molecule has 2 fully saturated rings. The Kier molecular flexibility index (Phi) is 8.18. The third-order valence-corrected chi connectivity index (χ3v) is 6.70. The predicted molar refractivity (Wildman–Crippen MR) is 137 cm³/mol. The summed E-state index contributed by atoms with van der Waals surface area (Å²) in [6.45, 7) is 12.1. The maximum absolute atomic E-state index is 4.95. The summed E-state index contributed by atoms with van der Waals surface area (Å²) in [5.41, 5.74) is 2.56. The minimum absolute atomic E-state index is 0.396. The highest BCUT2D eigenvalue weighted by atomic mass is 15.3. The molecule has 33 heavy (non-hydrogen) atoms. The Labute approximate surface area is 198 Å². The van der Waals surface area contributed by atoms with Gasteiger partial charge in [0.1, 0.15) is 5.82 Å². The first-order valence-electron chi connectivity index (χ1n) is 12.3. The SMILES string of the molecule is CCNC(=NCc1cccnc1N1CCN(C)CC1)NC1CC(C)N(Cc2ccccc2)C1. The Morgan fingerprint density at radius 1 is 1.09 bits per heavy atom. The molecule has 1 aromatic carbocycles. The van der Waals surface area contributed by atoms with E-state index >= 15 is 0 Å². The van der Waals surface area contributed by atoms with Gasteiger partial charge in [-0.2, -0.15) is 0 Å². The fourth-order valence-corrected chi connectivity index (χ4v) is 4.78. The number of piperazine rings is 1. The molecule has 2 saturated heterocycles. The van der Waals surface area contributed by atoms with E-state index in [1.165, 1.54) is 11.1 Å². The highest BCUT2D eigenvalue weighted by molar-refractivity contribution is 5.80. The van der Waals surface area contributed by atoms with E-state index in [2.05, 4.69) is 82.6 Å². The van der Waals surface area contributed by atoms with Crippen molar-refractivity contribution in [1.29, 1.82) is 0 Å². The minimum Gasteiger partial charge on any atom is -0.357 e. The molecular weight excluding hydrogens is 410 g/mol. The summed E-state index contributed by atoms with van der Waals surface area (Å²) in [6.07, 6.45) is 3.02. The zero-order valence-corrected chi connectivity index (χ0v) is 20.4. The number of pyridine rings is 1. The van der Waals surface area contributed by atoms with Crippen LogP contribution < -0.4 is 15.5 Å². The summed E-state index contributed by atoms with van der Waals surface area (Å²) in [6, 6.07) is 15.9. The largest absolute Gasteiger partial charge is 0.357 e. The molecule has 7 nitrogen and oxygen atoms in total. The molecule has 2 aromatic rings. The van der Waals surface area contributed by atoms with Gasteiger partial charge in [-0.3, -0.25) is 4.90 Å². The van der Waals surface area contributed by atoms with Crippen molar-refractivity contribution in [2.24, 2.45) is 4.99 Å². The zero-order chi connectivity index (χ0) is 23.0. The van der Waals surface area contributed by atoms with Crippen LogP contribution in [0.5, 0.6) is 0 Å². The number of nitrogens with zero attached hydrogens (tertiary/aromatic N) is 5. The van der Waals surface area contributed by atoms with E-state index in [0.29, 0.717) is 18.6 Å². The van der Waals surface area contributed by atoms with Crippen LogP contribution in [0.25, 0.3) is 0 Å². The van der Waals surface area contributed by atoms with Gasteiger partial charge in [0.15, 0.2) is 5.96 Å². The van der Waals surface area contributed by atoms with Crippen molar-refractivity contribution in [3.8, 4) is 0 Å². The fourth-order valence-electron chi connectivity index (χ4n) is 4.78. The summed E-state index contributed by atoms with van der Waals surface area (Å²) < 4.78 is 0. The number of guanidine groups is 1. The van der Waals surface area contributed by atoms with Crippen LogP contribution in [0.4, 0.5) is 5.82 Å². The first-order valence-corrected chi connectivity index (χ1v) is 12.3. The van der Waals surface area contributed by atoms with E-state index in [9.17, 15) is 0 Å². The molecule has 3 heterocycles. The second kappa shape index (κ2) is 11.5. The van der Waals surface area contributed by atoms with Gasteiger partial charge >= 0.3 is 0 Å². The number of benzene rings is 1. The molecule has 2 aliphatic heterocycles. The Balaban J connectivity index is 1.38. The molecule has 7 heteroatoms. The van der Waals surface area contributed by atoms with Crippen LogP contribution in [0.15, 0.2) is 53.7 Å². The molecule has 2 atom stereocenters. The van der Waals surface area contributed by atoms with Crippen LogP contribution in [0.3, 0.4) is 0 Å². The zero-order valence-electron chi connectivity index (χ0n) is 20.4. The molecule has 2 aliphatic rings. The molecule has 0 saturated carbocycles. The van der Waals surface area contributed by atoms with Gasteiger partial charge in [-0.1, -0.05) is 36.4 Å². The lowest BCUT2D eigenvalue weighted by Gasteiger charge is -2.34. The monoisotopic (exact) mass is 449 g/mol. The van der Waals surface area contributed by atoms with Crippen LogP contribution in [0.2, 0.25) is 0 Å². The van der Waals surface area contributed by atoms with Crippen molar-refractivity contribution < 1.29 is 0 Å². The standard InChI is InChI=1S/C26H39N7/c1-4-27-26(30-24-17-21(2)33(20-24)19-22-9-6-5-7-10-22)29-18-23-11-8-12-28-25(23)32-15-13-31(3)14-16-32/h5-12,21,24H,4,13-20H2,1-3H3,(H2,27,29,30). The van der Waals surface area contributed by atoms with Gasteiger partial charge in [0.25, 0.3) is 0 Å². The first kappa shape index (κ1) is 23.5. The minimum atomic E-state index is 0.396. The van der Waals surface area contributed by atoms with Gasteiger partial charge in [-0.15, -0.1) is 0 Å². The third-order valence-electron chi connectivity index (χ3n) is 6.70. The highest BCUT2D eigenvalue weighted by Crippen LogP contribution is 2.21. The molecule has 0 bridgehead atoms. The molecule has 0 amide bonds. The number of anilines is 1. The first-order chi connectivity index (χ1) is 16.1. The van der Waals surface area contributed by atoms with E-state index < -0.39 is 0 Å². The van der Waals surface area contributed by atoms with Gasteiger partial charge in [0.2, 0.25) is 0 Å². The Bertz CT molecular complexity index is 893. The summed E-state index contributed by atoms with van der Waals surface area (Å²) in [7, 11) is 2.18. The number of hydrogen-bond donors (Lipinski definition) is 2. The summed E-state index contributed by atoms with van der Waals surface area (Å²) in [5, 5.41) is 7.14. The number of nitrogens with one attached hydrogen (secondary N) is 2. The van der Waals surface area contributed by atoms with E-state index in [0.717, 1.165) is 64.0 Å². The average molecular weight is 450 g/mol. The fraction of sp³-hybridized carbons (Fsp3) is 0.538. The van der Waals surface area contributed by atoms with Crippen molar-refractivity contribution in [2.75, 3.05) is 51.2 Å². The maximum atomic E-state index is 4.95. The second-order valence-electron chi connectivity index (χ2n) is 9.31. The molecule has 178 valence electrons. The van der Waals surface area contributed by atoms with Gasteiger partial charge < -0.3 is 20.4 Å². The lowest BCUT2D eigenvalue weighted by Crippen LogP contribution is -2.45.